The molecule has 0 aromatic heterocycles. The Morgan fingerprint density at radius 2 is 1.86 bits per heavy atom. The van der Waals surface area contributed by atoms with Crippen LogP contribution in [0.25, 0.3) is 0 Å². The summed E-state index contributed by atoms with van der Waals surface area (Å²) in [5.41, 5.74) is 2.20. The van der Waals surface area contributed by atoms with Crippen molar-refractivity contribution in [2.75, 3.05) is 7.11 Å². The van der Waals surface area contributed by atoms with Crippen LogP contribution in [-0.4, -0.2) is 35.1 Å². The minimum Gasteiger partial charge on any atom is -0.465 e. The lowest BCUT2D eigenvalue weighted by molar-refractivity contribution is -0.247. The maximum atomic E-state index is 11.7. The third-order valence-corrected chi connectivity index (χ3v) is 3.98. The average Bonchev–Trinajstić information content (AvgIpc) is 3.01. The number of ether oxygens (including phenoxy) is 2. The van der Waals surface area contributed by atoms with Crippen LogP contribution in [0.2, 0.25) is 0 Å². The fraction of sp³-hybridized carbons (Fsp3) is 0.471. The fourth-order valence-corrected chi connectivity index (χ4v) is 3.11. The van der Waals surface area contributed by atoms with E-state index < -0.39 is 12.0 Å². The van der Waals surface area contributed by atoms with Gasteiger partial charge in [-0.2, -0.15) is 0 Å². The van der Waals surface area contributed by atoms with E-state index in [4.69, 9.17) is 9.47 Å². The first-order chi connectivity index (χ1) is 10.3. The summed E-state index contributed by atoms with van der Waals surface area (Å²) in [6.07, 6.45) is 3.09. The minimum atomic E-state index is -1.00. The smallest absolute Gasteiger partial charge is 0.337 e. The standard InChI is InChI=1S/C17H21NO4/c1-17(2,3)22-16(20)18-13-7-8-14(18)12-9-10(15(19)21-4)5-6-11(12)13/h5-9,13-14,16,20H,1-4H3. The lowest BCUT2D eigenvalue weighted by Gasteiger charge is -2.32. The van der Waals surface area contributed by atoms with E-state index in [1.807, 2.05) is 43.9 Å². The number of carbonyl (C=O) groups excluding carboxylic acids is 1. The molecular weight excluding hydrogens is 282 g/mol. The van der Waals surface area contributed by atoms with Crippen LogP contribution in [0.5, 0.6) is 0 Å². The van der Waals surface area contributed by atoms with Crippen molar-refractivity contribution in [1.29, 1.82) is 0 Å². The number of esters is 1. The molecule has 1 aromatic rings. The third-order valence-electron chi connectivity index (χ3n) is 3.98. The molecule has 2 bridgehead atoms. The SMILES string of the molecule is COC(=O)c1ccc2c(c1)C1C=CC2N1C(O)OC(C)(C)C. The Morgan fingerprint density at radius 1 is 1.23 bits per heavy atom. The molecule has 1 aromatic carbocycles. The van der Waals surface area contributed by atoms with E-state index in [-0.39, 0.29) is 18.1 Å². The van der Waals surface area contributed by atoms with Crippen LogP contribution in [0, 0.1) is 0 Å². The van der Waals surface area contributed by atoms with E-state index in [9.17, 15) is 9.90 Å². The predicted octanol–water partition coefficient (Wildman–Crippen LogP) is 2.53. The first-order valence-corrected chi connectivity index (χ1v) is 7.35. The first kappa shape index (κ1) is 15.2. The second kappa shape index (κ2) is 5.19. The molecule has 0 saturated carbocycles. The Hall–Kier alpha value is -1.69. The van der Waals surface area contributed by atoms with Crippen LogP contribution in [0.1, 0.15) is 54.3 Å². The number of aliphatic hydroxyl groups excluding tert-OH is 1. The van der Waals surface area contributed by atoms with Crippen molar-refractivity contribution in [2.45, 2.75) is 44.9 Å². The van der Waals surface area contributed by atoms with Crippen molar-refractivity contribution < 1.29 is 19.4 Å². The summed E-state index contributed by atoms with van der Waals surface area (Å²) in [5, 5.41) is 10.4. The number of hydrogen-bond acceptors (Lipinski definition) is 5. The molecule has 118 valence electrons. The van der Waals surface area contributed by atoms with Gasteiger partial charge >= 0.3 is 5.97 Å². The van der Waals surface area contributed by atoms with Crippen molar-refractivity contribution in [1.82, 2.24) is 4.90 Å². The molecule has 0 saturated heterocycles. The largest absolute Gasteiger partial charge is 0.465 e. The molecule has 3 rings (SSSR count). The molecule has 5 heteroatoms. The van der Waals surface area contributed by atoms with Crippen molar-refractivity contribution in [2.24, 2.45) is 0 Å². The van der Waals surface area contributed by atoms with Crippen LogP contribution in [-0.2, 0) is 9.47 Å². The summed E-state index contributed by atoms with van der Waals surface area (Å²) >= 11 is 0. The topological polar surface area (TPSA) is 59.0 Å². The number of rotatable bonds is 3. The first-order valence-electron chi connectivity index (χ1n) is 7.35. The summed E-state index contributed by atoms with van der Waals surface area (Å²) in [4.78, 5) is 13.6. The van der Waals surface area contributed by atoms with Crippen LogP contribution >= 0.6 is 0 Å². The molecule has 2 heterocycles. The summed E-state index contributed by atoms with van der Waals surface area (Å²) in [6.45, 7) is 5.72. The van der Waals surface area contributed by atoms with Gasteiger partial charge in [-0.15, -0.1) is 0 Å². The molecule has 2 aliphatic rings. The van der Waals surface area contributed by atoms with Crippen molar-refractivity contribution in [3.63, 3.8) is 0 Å². The number of nitrogens with zero attached hydrogens (tertiary/aromatic N) is 1. The Balaban J connectivity index is 1.89. The third kappa shape index (κ3) is 2.45. The zero-order valence-electron chi connectivity index (χ0n) is 13.2. The molecule has 1 N–H and O–H groups in total. The van der Waals surface area contributed by atoms with Crippen LogP contribution < -0.4 is 0 Å². The number of methoxy groups -OCH3 is 1. The quantitative estimate of drug-likeness (QED) is 0.528. The molecule has 3 atom stereocenters. The molecule has 22 heavy (non-hydrogen) atoms. The van der Waals surface area contributed by atoms with E-state index in [0.29, 0.717) is 5.56 Å². The lowest BCUT2D eigenvalue weighted by atomic mass is 9.95. The molecule has 0 aliphatic carbocycles. The Kier molecular flexibility index (Phi) is 3.59. The maximum Gasteiger partial charge on any atom is 0.337 e. The highest BCUT2D eigenvalue weighted by molar-refractivity contribution is 5.89. The molecular formula is C17H21NO4. The van der Waals surface area contributed by atoms with Gasteiger partial charge in [-0.05, 0) is 44.0 Å². The van der Waals surface area contributed by atoms with Gasteiger partial charge in [0.25, 0.3) is 0 Å². The highest BCUT2D eigenvalue weighted by atomic mass is 16.6. The second-order valence-corrected chi connectivity index (χ2v) is 6.61. The van der Waals surface area contributed by atoms with Crippen molar-refractivity contribution >= 4 is 5.97 Å². The Morgan fingerprint density at radius 3 is 2.45 bits per heavy atom. The summed E-state index contributed by atoms with van der Waals surface area (Å²) < 4.78 is 10.5. The Labute approximate surface area is 130 Å². The van der Waals surface area contributed by atoms with E-state index in [2.05, 4.69) is 6.08 Å². The maximum absolute atomic E-state index is 11.7. The van der Waals surface area contributed by atoms with Gasteiger partial charge in [-0.3, -0.25) is 0 Å². The summed E-state index contributed by atoms with van der Waals surface area (Å²) in [6, 6.07) is 5.42. The molecule has 0 radical (unpaired) electrons. The van der Waals surface area contributed by atoms with Crippen LogP contribution in [0.4, 0.5) is 0 Å². The van der Waals surface area contributed by atoms with Gasteiger partial charge in [0.05, 0.1) is 30.4 Å². The molecule has 0 fully saturated rings. The second-order valence-electron chi connectivity index (χ2n) is 6.61. The van der Waals surface area contributed by atoms with Gasteiger partial charge in [0.15, 0.2) is 0 Å². The van der Waals surface area contributed by atoms with Gasteiger partial charge in [-0.1, -0.05) is 18.2 Å². The number of aliphatic hydroxyl groups is 1. The number of fused-ring (bicyclic) bond motifs is 5. The number of carbonyl (C=O) groups is 1. The van der Waals surface area contributed by atoms with Crippen LogP contribution in [0.15, 0.2) is 30.4 Å². The molecule has 5 nitrogen and oxygen atoms in total. The van der Waals surface area contributed by atoms with Crippen LogP contribution in [0.3, 0.4) is 0 Å². The van der Waals surface area contributed by atoms with Gasteiger partial charge in [0.1, 0.15) is 0 Å². The number of hydrogen-bond donors (Lipinski definition) is 1. The van der Waals surface area contributed by atoms with E-state index in [0.717, 1.165) is 11.1 Å². The van der Waals surface area contributed by atoms with E-state index >= 15 is 0 Å². The molecule has 2 aliphatic heterocycles. The van der Waals surface area contributed by atoms with E-state index in [1.54, 1.807) is 6.07 Å². The number of benzene rings is 1. The van der Waals surface area contributed by atoms with Gasteiger partial charge in [0.2, 0.25) is 6.41 Å². The zero-order chi connectivity index (χ0) is 16.1. The highest BCUT2D eigenvalue weighted by Gasteiger charge is 2.44. The van der Waals surface area contributed by atoms with Crippen molar-refractivity contribution in [3.05, 3.63) is 47.0 Å². The van der Waals surface area contributed by atoms with E-state index in [1.165, 1.54) is 7.11 Å². The lowest BCUT2D eigenvalue weighted by Crippen LogP contribution is -2.40. The van der Waals surface area contributed by atoms with Gasteiger partial charge in [-0.25, -0.2) is 9.69 Å². The highest BCUT2D eigenvalue weighted by Crippen LogP contribution is 2.50. The van der Waals surface area contributed by atoms with Crippen molar-refractivity contribution in [3.8, 4) is 0 Å². The molecule has 0 amide bonds. The zero-order valence-corrected chi connectivity index (χ0v) is 13.2. The molecule has 3 unspecified atom stereocenters. The monoisotopic (exact) mass is 303 g/mol. The predicted molar refractivity (Wildman–Crippen MR) is 81.1 cm³/mol. The summed E-state index contributed by atoms with van der Waals surface area (Å²) in [5.74, 6) is -0.354. The fourth-order valence-electron chi connectivity index (χ4n) is 3.11. The minimum absolute atomic E-state index is 0.0240. The summed E-state index contributed by atoms with van der Waals surface area (Å²) in [7, 11) is 1.37. The molecule has 0 spiro atoms. The van der Waals surface area contributed by atoms with Gasteiger partial charge < -0.3 is 14.6 Å². The normalized spacial score (nSPS) is 24.4. The van der Waals surface area contributed by atoms with Gasteiger partial charge in [0, 0.05) is 0 Å². The average molecular weight is 303 g/mol. The Bertz CT molecular complexity index is 632.